The van der Waals surface area contributed by atoms with Gasteiger partial charge in [-0.3, -0.25) is 4.79 Å². The highest BCUT2D eigenvalue weighted by Gasteiger charge is 2.07. The minimum Gasteiger partial charge on any atom is -0.438 e. The van der Waals surface area contributed by atoms with Crippen molar-refractivity contribution in [3.8, 4) is 0 Å². The van der Waals surface area contributed by atoms with Crippen LogP contribution < -0.4 is 0 Å². The average molecular weight is 146 g/mol. The van der Waals surface area contributed by atoms with E-state index in [1.807, 2.05) is 20.8 Å². The van der Waals surface area contributed by atoms with Crippen molar-refractivity contribution in [2.24, 2.45) is 0 Å². The molecule has 0 heterocycles. The molecular weight excluding hydrogens is 132 g/mol. The van der Waals surface area contributed by atoms with Gasteiger partial charge in [-0.05, 0) is 13.8 Å². The molecule has 0 saturated heterocycles. The van der Waals surface area contributed by atoms with Crippen LogP contribution in [0.1, 0.15) is 27.2 Å². The van der Waals surface area contributed by atoms with Crippen molar-refractivity contribution in [1.82, 2.24) is 0 Å². The lowest BCUT2D eigenvalue weighted by Crippen LogP contribution is -2.19. The van der Waals surface area contributed by atoms with Gasteiger partial charge < -0.3 is 9.47 Å². The SMILES string of the molecule is CCC(OC=O)OC(C)C. The second kappa shape index (κ2) is 5.23. The zero-order valence-corrected chi connectivity index (χ0v) is 6.66. The number of rotatable bonds is 5. The Hall–Kier alpha value is -0.570. The Morgan fingerprint density at radius 1 is 1.50 bits per heavy atom. The van der Waals surface area contributed by atoms with Crippen molar-refractivity contribution < 1.29 is 14.3 Å². The zero-order valence-electron chi connectivity index (χ0n) is 6.66. The zero-order chi connectivity index (χ0) is 7.98. The van der Waals surface area contributed by atoms with Crippen LogP contribution in [0.2, 0.25) is 0 Å². The normalized spacial score (nSPS) is 13.2. The maximum absolute atomic E-state index is 9.85. The van der Waals surface area contributed by atoms with Gasteiger partial charge in [0.25, 0.3) is 6.47 Å². The van der Waals surface area contributed by atoms with Gasteiger partial charge in [0, 0.05) is 6.42 Å². The van der Waals surface area contributed by atoms with Crippen LogP contribution in [0.4, 0.5) is 0 Å². The first-order chi connectivity index (χ1) is 4.70. The second-order valence-corrected chi connectivity index (χ2v) is 2.25. The lowest BCUT2D eigenvalue weighted by molar-refractivity contribution is -0.172. The summed E-state index contributed by atoms with van der Waals surface area (Å²) in [4.78, 5) is 9.85. The molecule has 0 aliphatic heterocycles. The molecule has 10 heavy (non-hydrogen) atoms. The highest BCUT2D eigenvalue weighted by Crippen LogP contribution is 2.01. The van der Waals surface area contributed by atoms with Crippen molar-refractivity contribution in [2.75, 3.05) is 0 Å². The van der Waals surface area contributed by atoms with Gasteiger partial charge in [-0.25, -0.2) is 0 Å². The van der Waals surface area contributed by atoms with Gasteiger partial charge in [0.1, 0.15) is 0 Å². The van der Waals surface area contributed by atoms with E-state index in [4.69, 9.17) is 4.74 Å². The van der Waals surface area contributed by atoms with Crippen LogP contribution in [0.5, 0.6) is 0 Å². The Labute approximate surface area is 61.3 Å². The van der Waals surface area contributed by atoms with Crippen LogP contribution in [0.25, 0.3) is 0 Å². The quantitative estimate of drug-likeness (QED) is 0.433. The molecule has 0 rings (SSSR count). The van der Waals surface area contributed by atoms with Crippen LogP contribution in [-0.2, 0) is 14.3 Å². The van der Waals surface area contributed by atoms with Crippen LogP contribution in [0, 0.1) is 0 Å². The topological polar surface area (TPSA) is 35.5 Å². The van der Waals surface area contributed by atoms with E-state index in [1.165, 1.54) is 0 Å². The Balaban J connectivity index is 3.48. The molecule has 0 N–H and O–H groups in total. The molecule has 0 saturated carbocycles. The Bertz CT molecular complexity index is 90.9. The largest absolute Gasteiger partial charge is 0.438 e. The molecule has 1 atom stereocenters. The Morgan fingerprint density at radius 3 is 2.40 bits per heavy atom. The average Bonchev–Trinajstić information content (AvgIpc) is 1.86. The van der Waals surface area contributed by atoms with E-state index in [1.54, 1.807) is 0 Å². The number of ether oxygens (including phenoxy) is 2. The maximum atomic E-state index is 9.85. The molecule has 0 aromatic rings. The third-order valence-corrected chi connectivity index (χ3v) is 0.965. The second-order valence-electron chi connectivity index (χ2n) is 2.25. The predicted octanol–water partition coefficient (Wildman–Crippen LogP) is 1.32. The fourth-order valence-electron chi connectivity index (χ4n) is 0.590. The first-order valence-corrected chi connectivity index (χ1v) is 3.45. The first-order valence-electron chi connectivity index (χ1n) is 3.45. The molecule has 0 fully saturated rings. The van der Waals surface area contributed by atoms with Gasteiger partial charge in [-0.15, -0.1) is 0 Å². The van der Waals surface area contributed by atoms with E-state index >= 15 is 0 Å². The molecule has 0 spiro atoms. The van der Waals surface area contributed by atoms with Crippen LogP contribution in [0.3, 0.4) is 0 Å². The van der Waals surface area contributed by atoms with E-state index in [-0.39, 0.29) is 12.4 Å². The number of carbonyl (C=O) groups excluding carboxylic acids is 1. The van der Waals surface area contributed by atoms with Crippen molar-refractivity contribution >= 4 is 6.47 Å². The number of hydrogen-bond acceptors (Lipinski definition) is 3. The van der Waals surface area contributed by atoms with Crippen molar-refractivity contribution in [1.29, 1.82) is 0 Å². The summed E-state index contributed by atoms with van der Waals surface area (Å²) < 4.78 is 9.79. The minimum atomic E-state index is -0.377. The first kappa shape index (κ1) is 9.43. The predicted molar refractivity (Wildman–Crippen MR) is 37.4 cm³/mol. The molecule has 3 nitrogen and oxygen atoms in total. The summed E-state index contributed by atoms with van der Waals surface area (Å²) in [6.45, 7) is 6.11. The molecular formula is C7H14O3. The monoisotopic (exact) mass is 146 g/mol. The maximum Gasteiger partial charge on any atom is 0.295 e. The fourth-order valence-corrected chi connectivity index (χ4v) is 0.590. The molecule has 0 aromatic heterocycles. The third kappa shape index (κ3) is 4.32. The van der Waals surface area contributed by atoms with E-state index in [0.29, 0.717) is 12.9 Å². The van der Waals surface area contributed by atoms with Crippen LogP contribution in [0.15, 0.2) is 0 Å². The van der Waals surface area contributed by atoms with Gasteiger partial charge in [0.15, 0.2) is 0 Å². The summed E-state index contributed by atoms with van der Waals surface area (Å²) in [5.74, 6) is 0. The standard InChI is InChI=1S/C7H14O3/c1-4-7(9-5-8)10-6(2)3/h5-7H,4H2,1-3H3. The highest BCUT2D eigenvalue weighted by atomic mass is 16.7. The molecule has 0 aliphatic carbocycles. The molecule has 0 amide bonds. The summed E-state index contributed by atoms with van der Waals surface area (Å²) in [5.41, 5.74) is 0. The molecule has 3 heteroatoms. The Morgan fingerprint density at radius 2 is 2.10 bits per heavy atom. The van der Waals surface area contributed by atoms with E-state index < -0.39 is 0 Å². The van der Waals surface area contributed by atoms with E-state index in [2.05, 4.69) is 4.74 Å². The van der Waals surface area contributed by atoms with Gasteiger partial charge in [0.2, 0.25) is 6.29 Å². The molecule has 0 aromatic carbocycles. The van der Waals surface area contributed by atoms with Crippen molar-refractivity contribution in [2.45, 2.75) is 39.6 Å². The van der Waals surface area contributed by atoms with Crippen molar-refractivity contribution in [3.05, 3.63) is 0 Å². The summed E-state index contributed by atoms with van der Waals surface area (Å²) in [6, 6.07) is 0. The lowest BCUT2D eigenvalue weighted by atomic mass is 10.4. The van der Waals surface area contributed by atoms with Gasteiger partial charge in [-0.1, -0.05) is 6.92 Å². The van der Waals surface area contributed by atoms with E-state index in [9.17, 15) is 4.79 Å². The van der Waals surface area contributed by atoms with Gasteiger partial charge in [-0.2, -0.15) is 0 Å². The van der Waals surface area contributed by atoms with Crippen LogP contribution in [-0.4, -0.2) is 18.9 Å². The summed E-state index contributed by atoms with van der Waals surface area (Å²) in [5, 5.41) is 0. The summed E-state index contributed by atoms with van der Waals surface area (Å²) >= 11 is 0. The molecule has 0 bridgehead atoms. The minimum absolute atomic E-state index is 0.102. The molecule has 60 valence electrons. The molecule has 1 unspecified atom stereocenters. The third-order valence-electron chi connectivity index (χ3n) is 0.965. The van der Waals surface area contributed by atoms with E-state index in [0.717, 1.165) is 0 Å². The van der Waals surface area contributed by atoms with Crippen LogP contribution >= 0.6 is 0 Å². The smallest absolute Gasteiger partial charge is 0.295 e. The number of hydrogen-bond donors (Lipinski definition) is 0. The van der Waals surface area contributed by atoms with Gasteiger partial charge >= 0.3 is 0 Å². The summed E-state index contributed by atoms with van der Waals surface area (Å²) in [7, 11) is 0. The van der Waals surface area contributed by atoms with Crippen molar-refractivity contribution in [3.63, 3.8) is 0 Å². The number of carbonyl (C=O) groups is 1. The highest BCUT2D eigenvalue weighted by molar-refractivity contribution is 5.37. The lowest BCUT2D eigenvalue weighted by Gasteiger charge is -2.16. The van der Waals surface area contributed by atoms with Gasteiger partial charge in [0.05, 0.1) is 6.10 Å². The molecule has 0 radical (unpaired) electrons. The summed E-state index contributed by atoms with van der Waals surface area (Å²) in [6.07, 6.45) is 0.416. The molecule has 0 aliphatic rings. The fraction of sp³-hybridized carbons (Fsp3) is 0.857. The Kier molecular flexibility index (Phi) is 4.94.